The molecule has 0 radical (unpaired) electrons. The van der Waals surface area contributed by atoms with Gasteiger partial charge in [0, 0.05) is 24.7 Å². The zero-order chi connectivity index (χ0) is 20.6. The number of amides is 2. The molecule has 1 aromatic rings. The van der Waals surface area contributed by atoms with Crippen molar-refractivity contribution in [3.8, 4) is 5.75 Å². The molecular weight excluding hydrogens is 356 g/mol. The van der Waals surface area contributed by atoms with Gasteiger partial charge in [-0.2, -0.15) is 0 Å². The third-order valence-electron chi connectivity index (χ3n) is 3.11. The number of alkyl carbamates (subject to hydrolysis) is 1. The van der Waals surface area contributed by atoms with Gasteiger partial charge in [-0.05, 0) is 26.8 Å². The molecule has 0 bridgehead atoms. The van der Waals surface area contributed by atoms with Crippen molar-refractivity contribution in [2.45, 2.75) is 26.4 Å². The molecule has 0 heterocycles. The molecule has 0 saturated carbocycles. The average Bonchev–Trinajstić information content (AvgIpc) is 2.55. The van der Waals surface area contributed by atoms with E-state index in [4.69, 9.17) is 15.2 Å². The highest BCUT2D eigenvalue weighted by Gasteiger charge is 2.21. The van der Waals surface area contributed by atoms with E-state index in [9.17, 15) is 19.7 Å². The van der Waals surface area contributed by atoms with E-state index in [2.05, 4.69) is 10.6 Å². The zero-order valence-electron chi connectivity index (χ0n) is 15.7. The minimum absolute atomic E-state index is 0.0267. The minimum atomic E-state index is -0.795. The predicted octanol–water partition coefficient (Wildman–Crippen LogP) is 2.20. The lowest BCUT2D eigenvalue weighted by molar-refractivity contribution is -0.384. The molecule has 0 aliphatic heterocycles. The molecule has 1 rings (SSSR count). The van der Waals surface area contributed by atoms with Crippen LogP contribution in [0.25, 0.3) is 0 Å². The summed E-state index contributed by atoms with van der Waals surface area (Å²) in [7, 11) is 1.33. The Morgan fingerprint density at radius 2 is 1.89 bits per heavy atom. The second-order valence-corrected chi connectivity index (χ2v) is 6.43. The van der Waals surface area contributed by atoms with E-state index in [0.29, 0.717) is 0 Å². The first-order chi connectivity index (χ1) is 12.5. The minimum Gasteiger partial charge on any atom is -0.494 e. The van der Waals surface area contributed by atoms with Gasteiger partial charge in [0.05, 0.1) is 12.0 Å². The number of hydrogen-bond donors (Lipinski definition) is 3. The van der Waals surface area contributed by atoms with Crippen molar-refractivity contribution in [3.05, 3.63) is 40.0 Å². The Balaban J connectivity index is 2.72. The Morgan fingerprint density at radius 3 is 2.41 bits per heavy atom. The number of carbonyl (C=O) groups is 2. The number of anilines is 1. The van der Waals surface area contributed by atoms with Gasteiger partial charge in [-0.3, -0.25) is 14.9 Å². The SMILES string of the molecule is COc1cc(C(N)=O)cc([N+](=O)[O-])c1NCC=CCNC(=O)OC(C)(C)C. The summed E-state index contributed by atoms with van der Waals surface area (Å²) < 4.78 is 10.2. The lowest BCUT2D eigenvalue weighted by Gasteiger charge is -2.19. The standard InChI is InChI=1S/C17H24N4O6/c1-17(2,3)27-16(23)20-8-6-5-7-19-14-12(21(24)25)9-11(15(18)22)10-13(14)26-4/h5-6,9-10,19H,7-8H2,1-4H3,(H2,18,22)(H,20,23). The predicted molar refractivity (Wildman–Crippen MR) is 100 cm³/mol. The van der Waals surface area contributed by atoms with Crippen LogP contribution in [-0.2, 0) is 4.74 Å². The van der Waals surface area contributed by atoms with E-state index >= 15 is 0 Å². The molecule has 0 aliphatic carbocycles. The normalized spacial score (nSPS) is 11.1. The maximum Gasteiger partial charge on any atom is 0.407 e. The van der Waals surface area contributed by atoms with Gasteiger partial charge in [-0.25, -0.2) is 4.79 Å². The Morgan fingerprint density at radius 1 is 1.26 bits per heavy atom. The molecule has 0 aromatic heterocycles. The van der Waals surface area contributed by atoms with Crippen LogP contribution in [-0.4, -0.2) is 42.7 Å². The van der Waals surface area contributed by atoms with Gasteiger partial charge < -0.3 is 25.8 Å². The quantitative estimate of drug-likeness (QED) is 0.356. The first kappa shape index (κ1) is 21.7. The van der Waals surface area contributed by atoms with E-state index in [1.807, 2.05) is 0 Å². The van der Waals surface area contributed by atoms with Gasteiger partial charge in [0.15, 0.2) is 5.69 Å². The van der Waals surface area contributed by atoms with Crippen LogP contribution in [0.2, 0.25) is 0 Å². The second-order valence-electron chi connectivity index (χ2n) is 6.43. The van der Waals surface area contributed by atoms with Crippen LogP contribution in [0.3, 0.4) is 0 Å². The van der Waals surface area contributed by atoms with Crippen LogP contribution in [0.15, 0.2) is 24.3 Å². The largest absolute Gasteiger partial charge is 0.494 e. The molecule has 27 heavy (non-hydrogen) atoms. The third kappa shape index (κ3) is 7.22. The van der Waals surface area contributed by atoms with Crippen molar-refractivity contribution in [3.63, 3.8) is 0 Å². The number of methoxy groups -OCH3 is 1. The lowest BCUT2D eigenvalue weighted by Crippen LogP contribution is -2.32. The maximum absolute atomic E-state index is 11.5. The number of nitro benzene ring substituents is 1. The number of ether oxygens (including phenoxy) is 2. The molecule has 0 spiro atoms. The van der Waals surface area contributed by atoms with Gasteiger partial charge in [-0.15, -0.1) is 0 Å². The molecule has 0 unspecified atom stereocenters. The summed E-state index contributed by atoms with van der Waals surface area (Å²) in [4.78, 5) is 33.4. The number of nitrogens with zero attached hydrogens (tertiary/aromatic N) is 1. The topological polar surface area (TPSA) is 146 Å². The zero-order valence-corrected chi connectivity index (χ0v) is 15.7. The van der Waals surface area contributed by atoms with E-state index in [-0.39, 0.29) is 35.8 Å². The van der Waals surface area contributed by atoms with Crippen LogP contribution >= 0.6 is 0 Å². The number of nitro groups is 1. The number of hydrogen-bond acceptors (Lipinski definition) is 7. The third-order valence-corrected chi connectivity index (χ3v) is 3.11. The molecule has 0 fully saturated rings. The second kappa shape index (κ2) is 9.41. The highest BCUT2D eigenvalue weighted by atomic mass is 16.6. The Hall–Kier alpha value is -3.30. The lowest BCUT2D eigenvalue weighted by atomic mass is 10.1. The highest BCUT2D eigenvalue weighted by molar-refractivity contribution is 5.95. The fourth-order valence-electron chi connectivity index (χ4n) is 2.01. The number of carbonyl (C=O) groups excluding carboxylic acids is 2. The Labute approximate surface area is 156 Å². The summed E-state index contributed by atoms with van der Waals surface area (Å²) in [5.41, 5.74) is 4.36. The van der Waals surface area contributed by atoms with Crippen molar-refractivity contribution in [2.24, 2.45) is 5.73 Å². The highest BCUT2D eigenvalue weighted by Crippen LogP contribution is 2.35. The maximum atomic E-state index is 11.5. The van der Waals surface area contributed by atoms with Crippen LogP contribution < -0.4 is 21.1 Å². The summed E-state index contributed by atoms with van der Waals surface area (Å²) in [6.45, 7) is 5.74. The molecule has 10 heteroatoms. The number of primary amides is 1. The van der Waals surface area contributed by atoms with Gasteiger partial charge >= 0.3 is 6.09 Å². The van der Waals surface area contributed by atoms with Gasteiger partial charge in [0.25, 0.3) is 5.69 Å². The number of rotatable bonds is 8. The summed E-state index contributed by atoms with van der Waals surface area (Å²) in [6.07, 6.45) is 2.79. The molecular formula is C17H24N4O6. The fraction of sp³-hybridized carbons (Fsp3) is 0.412. The Bertz CT molecular complexity index is 740. The van der Waals surface area contributed by atoms with Gasteiger partial charge in [0.1, 0.15) is 11.4 Å². The number of nitrogens with one attached hydrogen (secondary N) is 2. The van der Waals surface area contributed by atoms with Crippen molar-refractivity contribution in [1.82, 2.24) is 5.32 Å². The fourth-order valence-corrected chi connectivity index (χ4v) is 2.01. The molecule has 0 saturated heterocycles. The molecule has 0 aliphatic rings. The summed E-state index contributed by atoms with van der Waals surface area (Å²) in [5.74, 6) is -0.672. The van der Waals surface area contributed by atoms with E-state index in [1.165, 1.54) is 13.2 Å². The molecule has 1 aromatic carbocycles. The number of benzene rings is 1. The smallest absolute Gasteiger partial charge is 0.407 e. The van der Waals surface area contributed by atoms with Gasteiger partial charge in [-0.1, -0.05) is 12.2 Å². The van der Waals surface area contributed by atoms with Crippen molar-refractivity contribution < 1.29 is 24.0 Å². The monoisotopic (exact) mass is 380 g/mol. The summed E-state index contributed by atoms with van der Waals surface area (Å²) in [5, 5.41) is 16.7. The van der Waals surface area contributed by atoms with Crippen molar-refractivity contribution >= 4 is 23.4 Å². The molecule has 10 nitrogen and oxygen atoms in total. The van der Waals surface area contributed by atoms with Gasteiger partial charge in [0.2, 0.25) is 5.91 Å². The molecule has 0 atom stereocenters. The molecule has 148 valence electrons. The first-order valence-electron chi connectivity index (χ1n) is 8.07. The van der Waals surface area contributed by atoms with E-state index < -0.39 is 22.5 Å². The van der Waals surface area contributed by atoms with Crippen LogP contribution in [0.5, 0.6) is 5.75 Å². The first-order valence-corrected chi connectivity index (χ1v) is 8.07. The molecule has 2 amide bonds. The van der Waals surface area contributed by atoms with Crippen LogP contribution in [0, 0.1) is 10.1 Å². The molecule has 4 N–H and O–H groups in total. The van der Waals surface area contributed by atoms with E-state index in [0.717, 1.165) is 6.07 Å². The Kier molecular flexibility index (Phi) is 7.58. The summed E-state index contributed by atoms with van der Waals surface area (Å²) >= 11 is 0. The van der Waals surface area contributed by atoms with Crippen LogP contribution in [0.1, 0.15) is 31.1 Å². The average molecular weight is 380 g/mol. The van der Waals surface area contributed by atoms with Crippen molar-refractivity contribution in [1.29, 1.82) is 0 Å². The van der Waals surface area contributed by atoms with E-state index in [1.54, 1.807) is 32.9 Å². The number of nitrogens with two attached hydrogens (primary N) is 1. The summed E-state index contributed by atoms with van der Waals surface area (Å²) in [6, 6.07) is 2.41. The van der Waals surface area contributed by atoms with Crippen molar-refractivity contribution in [2.75, 3.05) is 25.5 Å². The van der Waals surface area contributed by atoms with Crippen LogP contribution in [0.4, 0.5) is 16.2 Å².